The topological polar surface area (TPSA) is 67.6 Å². The largest absolute Gasteiger partial charge is 0.374 e. The Bertz CT molecular complexity index is 458. The summed E-state index contributed by atoms with van der Waals surface area (Å²) in [6, 6.07) is 9.43. The molecule has 0 aliphatic carbocycles. The Hall–Kier alpha value is -1.14. The predicted molar refractivity (Wildman–Crippen MR) is 90.0 cm³/mol. The van der Waals surface area contributed by atoms with Gasteiger partial charge in [0.1, 0.15) is 0 Å². The molecule has 1 amide bonds. The predicted octanol–water partition coefficient (Wildman–Crippen LogP) is 1.19. The van der Waals surface area contributed by atoms with E-state index >= 15 is 0 Å². The van der Waals surface area contributed by atoms with Crippen LogP contribution in [-0.4, -0.2) is 50.2 Å². The molecular weight excluding hydrogens is 302 g/mol. The van der Waals surface area contributed by atoms with Crippen molar-refractivity contribution in [2.45, 2.75) is 19.1 Å². The standard InChI is InChI=1S/C16H25N3O2.ClH/c1-12(15(17)13-6-4-3-5-7-13)16(20)18-10-14-11-19(2)8-9-21-14;/h3-7,12,14-15H,8-11,17H2,1-2H3,(H,18,20);1H. The molecule has 0 saturated carbocycles. The summed E-state index contributed by atoms with van der Waals surface area (Å²) in [5.41, 5.74) is 7.15. The Kier molecular flexibility index (Phi) is 7.82. The maximum absolute atomic E-state index is 12.2. The van der Waals surface area contributed by atoms with Crippen LogP contribution in [0, 0.1) is 5.92 Å². The van der Waals surface area contributed by atoms with Gasteiger partial charge in [-0.05, 0) is 12.6 Å². The third-order valence-electron chi connectivity index (χ3n) is 3.98. The van der Waals surface area contributed by atoms with Crippen LogP contribution >= 0.6 is 12.4 Å². The number of hydrogen-bond acceptors (Lipinski definition) is 4. The second kappa shape index (κ2) is 9.10. The molecule has 1 heterocycles. The van der Waals surface area contributed by atoms with Gasteiger partial charge in [0.2, 0.25) is 5.91 Å². The van der Waals surface area contributed by atoms with Gasteiger partial charge in [0, 0.05) is 25.7 Å². The van der Waals surface area contributed by atoms with Crippen LogP contribution in [0.15, 0.2) is 30.3 Å². The lowest BCUT2D eigenvalue weighted by molar-refractivity contribution is -0.126. The number of carbonyl (C=O) groups excluding carboxylic acids is 1. The van der Waals surface area contributed by atoms with Gasteiger partial charge in [0.15, 0.2) is 0 Å². The van der Waals surface area contributed by atoms with E-state index in [1.165, 1.54) is 0 Å². The van der Waals surface area contributed by atoms with E-state index in [1.807, 2.05) is 37.3 Å². The van der Waals surface area contributed by atoms with Gasteiger partial charge in [0.05, 0.1) is 18.6 Å². The summed E-state index contributed by atoms with van der Waals surface area (Å²) in [4.78, 5) is 14.4. The molecule has 124 valence electrons. The number of nitrogens with zero attached hydrogens (tertiary/aromatic N) is 1. The molecule has 1 aliphatic heterocycles. The average molecular weight is 328 g/mol. The SMILES string of the molecule is CC(C(=O)NCC1CN(C)CCO1)C(N)c1ccccc1.Cl. The number of rotatable bonds is 5. The lowest BCUT2D eigenvalue weighted by Crippen LogP contribution is -2.47. The van der Waals surface area contributed by atoms with Gasteiger partial charge in [-0.25, -0.2) is 0 Å². The number of benzene rings is 1. The van der Waals surface area contributed by atoms with Gasteiger partial charge in [-0.2, -0.15) is 0 Å². The van der Waals surface area contributed by atoms with Crippen LogP contribution in [-0.2, 0) is 9.53 Å². The molecule has 0 bridgehead atoms. The molecule has 2 rings (SSSR count). The number of halogens is 1. The molecule has 0 spiro atoms. The minimum absolute atomic E-state index is 0. The summed E-state index contributed by atoms with van der Waals surface area (Å²) in [6.45, 7) is 4.91. The minimum Gasteiger partial charge on any atom is -0.374 e. The normalized spacial score (nSPS) is 21.5. The highest BCUT2D eigenvalue weighted by Gasteiger charge is 2.24. The first kappa shape index (κ1) is 18.9. The van der Waals surface area contributed by atoms with Gasteiger partial charge < -0.3 is 20.7 Å². The maximum Gasteiger partial charge on any atom is 0.224 e. The zero-order valence-electron chi connectivity index (χ0n) is 13.2. The molecule has 1 aliphatic rings. The van der Waals surface area contributed by atoms with Crippen LogP contribution in [0.3, 0.4) is 0 Å². The van der Waals surface area contributed by atoms with Crippen molar-refractivity contribution in [1.29, 1.82) is 0 Å². The maximum atomic E-state index is 12.2. The van der Waals surface area contributed by atoms with Crippen molar-refractivity contribution >= 4 is 18.3 Å². The Morgan fingerprint density at radius 1 is 1.45 bits per heavy atom. The van der Waals surface area contributed by atoms with E-state index in [0.717, 1.165) is 25.3 Å². The third-order valence-corrected chi connectivity index (χ3v) is 3.98. The molecule has 3 N–H and O–H groups in total. The van der Waals surface area contributed by atoms with Gasteiger partial charge in [0.25, 0.3) is 0 Å². The summed E-state index contributed by atoms with van der Waals surface area (Å²) < 4.78 is 5.64. The van der Waals surface area contributed by atoms with E-state index in [4.69, 9.17) is 10.5 Å². The molecule has 1 fully saturated rings. The van der Waals surface area contributed by atoms with E-state index < -0.39 is 0 Å². The summed E-state index contributed by atoms with van der Waals surface area (Å²) >= 11 is 0. The smallest absolute Gasteiger partial charge is 0.224 e. The van der Waals surface area contributed by atoms with Crippen molar-refractivity contribution in [3.05, 3.63) is 35.9 Å². The number of ether oxygens (including phenoxy) is 1. The van der Waals surface area contributed by atoms with E-state index in [9.17, 15) is 4.79 Å². The second-order valence-corrected chi connectivity index (χ2v) is 5.73. The molecule has 1 aromatic carbocycles. The van der Waals surface area contributed by atoms with Crippen LogP contribution < -0.4 is 11.1 Å². The lowest BCUT2D eigenvalue weighted by Gasteiger charge is -2.30. The van der Waals surface area contributed by atoms with Crippen LogP contribution in [0.2, 0.25) is 0 Å². The second-order valence-electron chi connectivity index (χ2n) is 5.73. The van der Waals surface area contributed by atoms with Crippen LogP contribution in [0.4, 0.5) is 0 Å². The first-order valence-corrected chi connectivity index (χ1v) is 7.46. The Morgan fingerprint density at radius 3 is 2.77 bits per heavy atom. The van der Waals surface area contributed by atoms with Gasteiger partial charge in [-0.1, -0.05) is 37.3 Å². The molecule has 22 heavy (non-hydrogen) atoms. The monoisotopic (exact) mass is 327 g/mol. The molecule has 5 nitrogen and oxygen atoms in total. The fourth-order valence-corrected chi connectivity index (χ4v) is 2.49. The highest BCUT2D eigenvalue weighted by atomic mass is 35.5. The Labute approximate surface area is 138 Å². The molecule has 1 aromatic rings. The highest BCUT2D eigenvalue weighted by molar-refractivity contribution is 5.85. The Balaban J connectivity index is 0.00000242. The summed E-state index contributed by atoms with van der Waals surface area (Å²) in [5.74, 6) is -0.295. The zero-order valence-corrected chi connectivity index (χ0v) is 14.0. The van der Waals surface area contributed by atoms with Gasteiger partial charge in [-0.3, -0.25) is 4.79 Å². The molecular formula is C16H26ClN3O2. The number of nitrogens with two attached hydrogens (primary N) is 1. The van der Waals surface area contributed by atoms with E-state index in [-0.39, 0.29) is 36.4 Å². The number of carbonyl (C=O) groups is 1. The quantitative estimate of drug-likeness (QED) is 0.852. The van der Waals surface area contributed by atoms with Crippen molar-refractivity contribution in [2.75, 3.05) is 33.3 Å². The van der Waals surface area contributed by atoms with Crippen LogP contribution in [0.1, 0.15) is 18.5 Å². The van der Waals surface area contributed by atoms with Crippen LogP contribution in [0.5, 0.6) is 0 Å². The zero-order chi connectivity index (χ0) is 15.2. The van der Waals surface area contributed by atoms with Crippen LogP contribution in [0.25, 0.3) is 0 Å². The molecule has 6 heteroatoms. The van der Waals surface area contributed by atoms with E-state index in [0.29, 0.717) is 6.54 Å². The van der Waals surface area contributed by atoms with Gasteiger partial charge in [-0.15, -0.1) is 12.4 Å². The highest BCUT2D eigenvalue weighted by Crippen LogP contribution is 2.19. The Morgan fingerprint density at radius 2 is 2.14 bits per heavy atom. The first-order chi connectivity index (χ1) is 10.1. The van der Waals surface area contributed by atoms with Crippen molar-refractivity contribution < 1.29 is 9.53 Å². The molecule has 3 unspecified atom stereocenters. The molecule has 3 atom stereocenters. The van der Waals surface area contributed by atoms with E-state index in [1.54, 1.807) is 0 Å². The van der Waals surface area contributed by atoms with Crippen molar-refractivity contribution in [2.24, 2.45) is 11.7 Å². The molecule has 1 saturated heterocycles. The number of likely N-dealkylation sites (N-methyl/N-ethyl adjacent to an activating group) is 1. The molecule has 0 aromatic heterocycles. The fourth-order valence-electron chi connectivity index (χ4n) is 2.49. The first-order valence-electron chi connectivity index (χ1n) is 7.46. The number of amides is 1. The minimum atomic E-state index is -0.291. The summed E-state index contributed by atoms with van der Waals surface area (Å²) in [6.07, 6.45) is 0.0628. The molecule has 0 radical (unpaired) electrons. The summed E-state index contributed by atoms with van der Waals surface area (Å²) in [7, 11) is 2.06. The number of hydrogen-bond donors (Lipinski definition) is 2. The van der Waals surface area contributed by atoms with E-state index in [2.05, 4.69) is 17.3 Å². The van der Waals surface area contributed by atoms with Crippen molar-refractivity contribution in [3.63, 3.8) is 0 Å². The van der Waals surface area contributed by atoms with Crippen molar-refractivity contribution in [3.8, 4) is 0 Å². The van der Waals surface area contributed by atoms with Gasteiger partial charge >= 0.3 is 0 Å². The number of morpholine rings is 1. The van der Waals surface area contributed by atoms with Crippen molar-refractivity contribution in [1.82, 2.24) is 10.2 Å². The third kappa shape index (κ3) is 5.25. The lowest BCUT2D eigenvalue weighted by atomic mass is 9.94. The fraction of sp³-hybridized carbons (Fsp3) is 0.562. The average Bonchev–Trinajstić information content (AvgIpc) is 2.52. The number of nitrogens with one attached hydrogen (secondary N) is 1. The summed E-state index contributed by atoms with van der Waals surface area (Å²) in [5, 5.41) is 2.95.